The van der Waals surface area contributed by atoms with Crippen LogP contribution in [0.25, 0.3) is 0 Å². The molecule has 5 radical (unpaired) electrons. The Labute approximate surface area is 120 Å². The Balaban J connectivity index is -0.0000000833. The van der Waals surface area contributed by atoms with Crippen LogP contribution in [0.15, 0.2) is 0 Å². The van der Waals surface area contributed by atoms with Crippen LogP contribution in [0.2, 0.25) is 0 Å². The van der Waals surface area contributed by atoms with Crippen LogP contribution in [0.4, 0.5) is 0 Å². The number of hydrogen-bond donors (Lipinski definition) is 3. The third-order valence-corrected chi connectivity index (χ3v) is 4.73. The SMILES string of the molecule is CC(O)(P(=O)([O-])O)P(=O)([O-])O.O.O.[SbH].[Sb]. The maximum absolute atomic E-state index is 10.1. The van der Waals surface area contributed by atoms with Crippen LogP contribution in [-0.4, -0.2) is 79.8 Å². The summed E-state index contributed by atoms with van der Waals surface area (Å²) in [5.41, 5.74) is 0. The van der Waals surface area contributed by atoms with Gasteiger partial charge in [-0.05, 0) is 6.92 Å². The Hall–Kier alpha value is 1.82. The summed E-state index contributed by atoms with van der Waals surface area (Å²) in [7, 11) is -11.0. The summed E-state index contributed by atoms with van der Waals surface area (Å²) in [6.07, 6.45) is 0. The first-order chi connectivity index (χ1) is 4.50. The van der Waals surface area contributed by atoms with Crippen molar-refractivity contribution in [1.29, 1.82) is 0 Å². The average molecular weight is 485 g/mol. The third-order valence-electron chi connectivity index (χ3n) is 1.07. The molecule has 9 nitrogen and oxygen atoms in total. The van der Waals surface area contributed by atoms with E-state index in [-0.39, 0.29) is 66.7 Å². The molecule has 0 aliphatic heterocycles. The van der Waals surface area contributed by atoms with Crippen molar-refractivity contribution in [2.75, 3.05) is 0 Å². The Bertz CT molecular complexity index is 216. The monoisotopic (exact) mass is 483 g/mol. The van der Waals surface area contributed by atoms with Crippen molar-refractivity contribution >= 4 is 64.0 Å². The van der Waals surface area contributed by atoms with Gasteiger partial charge in [0.1, 0.15) is 0 Å². The fourth-order valence-corrected chi connectivity index (χ4v) is 1.44. The van der Waals surface area contributed by atoms with Gasteiger partial charge in [0.05, 0.1) is 0 Å². The molecule has 0 aromatic heterocycles. The first-order valence-electron chi connectivity index (χ1n) is 2.30. The fourth-order valence-electron chi connectivity index (χ4n) is 0.160. The van der Waals surface area contributed by atoms with E-state index in [2.05, 4.69) is 0 Å². The van der Waals surface area contributed by atoms with E-state index < -0.39 is 20.3 Å². The van der Waals surface area contributed by atoms with Crippen LogP contribution >= 0.6 is 15.2 Å². The van der Waals surface area contributed by atoms with Crippen LogP contribution in [0.1, 0.15) is 6.92 Å². The molecular formula is C2H11O9P2Sb2-2. The van der Waals surface area contributed by atoms with E-state index in [0.29, 0.717) is 0 Å². The van der Waals surface area contributed by atoms with Crippen molar-refractivity contribution in [1.82, 2.24) is 0 Å². The first kappa shape index (κ1) is 30.1. The molecule has 0 fully saturated rings. The van der Waals surface area contributed by atoms with Crippen molar-refractivity contribution in [3.8, 4) is 0 Å². The van der Waals surface area contributed by atoms with E-state index in [1.807, 2.05) is 0 Å². The molecule has 7 N–H and O–H groups in total. The maximum Gasteiger partial charge on any atom is 0 e. The van der Waals surface area contributed by atoms with Crippen molar-refractivity contribution in [2.45, 2.75) is 12.0 Å². The summed E-state index contributed by atoms with van der Waals surface area (Å²) in [6.45, 7) is 0.258. The smallest absolute Gasteiger partial charge is 0 e. The van der Waals surface area contributed by atoms with Gasteiger partial charge in [0.15, 0.2) is 20.3 Å². The zero-order valence-corrected chi connectivity index (χ0v) is 14.5. The molecule has 0 spiro atoms. The summed E-state index contributed by atoms with van der Waals surface area (Å²) >= 11 is 0. The molecular weight excluding hydrogens is 473 g/mol. The molecule has 0 bridgehead atoms. The number of aliphatic hydroxyl groups is 1. The van der Waals surface area contributed by atoms with E-state index in [1.54, 1.807) is 0 Å². The molecule has 0 aromatic carbocycles. The number of hydrogen-bond acceptors (Lipinski definition) is 5. The zero-order chi connectivity index (χ0) is 9.50. The van der Waals surface area contributed by atoms with E-state index >= 15 is 0 Å². The minimum absolute atomic E-state index is 0. The van der Waals surface area contributed by atoms with Gasteiger partial charge >= 0.3 is 24.4 Å². The quantitative estimate of drug-likeness (QED) is 0.257. The van der Waals surface area contributed by atoms with E-state index in [9.17, 15) is 18.9 Å². The number of rotatable bonds is 2. The van der Waals surface area contributed by atoms with Crippen molar-refractivity contribution in [3.05, 3.63) is 0 Å². The zero-order valence-electron chi connectivity index (χ0n) is 7.32. The van der Waals surface area contributed by atoms with Gasteiger partial charge in [-0.15, -0.1) is 0 Å². The summed E-state index contributed by atoms with van der Waals surface area (Å²) < 4.78 is 20.2. The second kappa shape index (κ2) is 8.84. The molecule has 0 aromatic rings. The van der Waals surface area contributed by atoms with Crippen molar-refractivity contribution in [3.63, 3.8) is 0 Å². The van der Waals surface area contributed by atoms with Gasteiger partial charge in [-0.3, -0.25) is 0 Å². The van der Waals surface area contributed by atoms with E-state index in [0.717, 1.165) is 0 Å². The minimum Gasteiger partial charge on any atom is 0 e. The molecule has 95 valence electrons. The Morgan fingerprint density at radius 3 is 1.20 bits per heavy atom. The first-order valence-corrected chi connectivity index (χ1v) is 5.46. The second-order valence-corrected chi connectivity index (χ2v) is 6.19. The largest absolute Gasteiger partial charge is 0 e. The molecule has 0 aliphatic carbocycles. The summed E-state index contributed by atoms with van der Waals surface area (Å²) in [5.74, 6) is 0. The van der Waals surface area contributed by atoms with Crippen LogP contribution in [0.3, 0.4) is 0 Å². The second-order valence-electron chi connectivity index (χ2n) is 2.01. The van der Waals surface area contributed by atoms with Gasteiger partial charge in [-0.2, -0.15) is 0 Å². The topological polar surface area (TPSA) is 204 Å². The predicted octanol–water partition coefficient (Wildman–Crippen LogP) is -4.93. The summed E-state index contributed by atoms with van der Waals surface area (Å²) in [4.78, 5) is 36.4. The molecule has 0 saturated carbocycles. The summed E-state index contributed by atoms with van der Waals surface area (Å²) in [5, 5.41) is 5.02. The van der Waals surface area contributed by atoms with Crippen LogP contribution < -0.4 is 9.79 Å². The van der Waals surface area contributed by atoms with Gasteiger partial charge in [0.25, 0.3) is 0 Å². The van der Waals surface area contributed by atoms with Gasteiger partial charge in [-0.25, -0.2) is 0 Å². The Kier molecular flexibility index (Phi) is 17.8. The van der Waals surface area contributed by atoms with Gasteiger partial charge in [0.2, 0.25) is 0 Å². The Morgan fingerprint density at radius 2 is 1.20 bits per heavy atom. The molecule has 0 amide bonds. The molecule has 2 atom stereocenters. The van der Waals surface area contributed by atoms with E-state index in [1.165, 1.54) is 0 Å². The van der Waals surface area contributed by atoms with Crippen LogP contribution in [0, 0.1) is 0 Å². The molecule has 0 rings (SSSR count). The van der Waals surface area contributed by atoms with Crippen LogP contribution in [-0.2, 0) is 9.13 Å². The minimum atomic E-state index is -5.51. The van der Waals surface area contributed by atoms with Gasteiger partial charge < -0.3 is 44.8 Å². The predicted molar refractivity (Wildman–Crippen MR) is 50.4 cm³/mol. The Morgan fingerprint density at radius 1 is 1.07 bits per heavy atom. The molecule has 0 aliphatic rings. The molecule has 0 saturated heterocycles. The van der Waals surface area contributed by atoms with E-state index in [4.69, 9.17) is 14.9 Å². The molecule has 15 heavy (non-hydrogen) atoms. The van der Waals surface area contributed by atoms with Crippen molar-refractivity contribution < 1.29 is 44.8 Å². The van der Waals surface area contributed by atoms with Gasteiger partial charge in [-0.1, -0.05) is 0 Å². The average Bonchev–Trinajstić information content (AvgIpc) is 1.58. The normalized spacial score (nSPS) is 20.7. The summed E-state index contributed by atoms with van der Waals surface area (Å²) in [6, 6.07) is 0. The van der Waals surface area contributed by atoms with Gasteiger partial charge in [0, 0.05) is 24.4 Å². The van der Waals surface area contributed by atoms with Crippen LogP contribution in [0.5, 0.6) is 0 Å². The molecule has 0 heterocycles. The third kappa shape index (κ3) is 7.69. The maximum atomic E-state index is 10.1. The fraction of sp³-hybridized carbons (Fsp3) is 1.00. The standard InChI is InChI=1S/C2H8O7P2.2H2O.2Sb.H/c1-2(3,10(4,5)6)11(7,8)9;;;;;/h3H,1H3,(H2,4,5,6)(H2,7,8,9);2*1H2;;;/p-2. The van der Waals surface area contributed by atoms with Crippen molar-refractivity contribution in [2.24, 2.45) is 0 Å². The molecule has 13 heteroatoms. The molecule has 2 unspecified atom stereocenters.